The van der Waals surface area contributed by atoms with E-state index in [9.17, 15) is 9.59 Å². The minimum Gasteiger partial charge on any atom is -0.464 e. The number of rotatable bonds is 4. The van der Waals surface area contributed by atoms with Crippen LogP contribution in [0.25, 0.3) is 21.7 Å². The third-order valence-electron chi connectivity index (χ3n) is 5.49. The summed E-state index contributed by atoms with van der Waals surface area (Å²) in [4.78, 5) is 29.1. The number of benzene rings is 2. The first-order chi connectivity index (χ1) is 14.3. The van der Waals surface area contributed by atoms with Gasteiger partial charge in [0.1, 0.15) is 5.58 Å². The minimum atomic E-state index is -0.230. The van der Waals surface area contributed by atoms with Gasteiger partial charge in [-0.05, 0) is 37.6 Å². The lowest BCUT2D eigenvalue weighted by Crippen LogP contribution is -2.53. The van der Waals surface area contributed by atoms with Crippen LogP contribution < -0.4 is 5.32 Å². The molecule has 1 aliphatic rings. The van der Waals surface area contributed by atoms with E-state index in [1.54, 1.807) is 6.26 Å². The average Bonchev–Trinajstić information content (AvgIpc) is 3.10. The van der Waals surface area contributed by atoms with Crippen LogP contribution in [0.15, 0.2) is 47.1 Å². The molecule has 4 rings (SSSR count). The smallest absolute Gasteiger partial charge is 0.234 e. The van der Waals surface area contributed by atoms with E-state index in [-0.39, 0.29) is 17.4 Å². The van der Waals surface area contributed by atoms with Crippen molar-refractivity contribution in [1.82, 2.24) is 15.1 Å². The lowest BCUT2D eigenvalue weighted by Gasteiger charge is -2.35. The van der Waals surface area contributed by atoms with Gasteiger partial charge in [0.05, 0.1) is 19.2 Å². The van der Waals surface area contributed by atoms with Gasteiger partial charge in [-0.3, -0.25) is 14.5 Å². The van der Waals surface area contributed by atoms with Gasteiger partial charge in [0, 0.05) is 42.7 Å². The Morgan fingerprint density at radius 1 is 1.03 bits per heavy atom. The summed E-state index contributed by atoms with van der Waals surface area (Å²) in [5.41, 5.74) is 1.51. The predicted molar refractivity (Wildman–Crippen MR) is 118 cm³/mol. The lowest BCUT2D eigenvalue weighted by molar-refractivity contribution is -0.132. The molecule has 6 heteroatoms. The summed E-state index contributed by atoms with van der Waals surface area (Å²) in [5, 5.41) is 6.27. The van der Waals surface area contributed by atoms with Gasteiger partial charge in [0.2, 0.25) is 11.8 Å². The number of amides is 2. The zero-order valence-corrected chi connectivity index (χ0v) is 17.9. The number of furan rings is 1. The van der Waals surface area contributed by atoms with Crippen molar-refractivity contribution >= 4 is 33.6 Å². The van der Waals surface area contributed by atoms with Crippen LogP contribution in [0.2, 0.25) is 0 Å². The van der Waals surface area contributed by atoms with Crippen LogP contribution in [0.4, 0.5) is 0 Å². The largest absolute Gasteiger partial charge is 0.464 e. The highest BCUT2D eigenvalue weighted by molar-refractivity contribution is 6.08. The maximum Gasteiger partial charge on any atom is 0.234 e. The Morgan fingerprint density at radius 3 is 2.50 bits per heavy atom. The van der Waals surface area contributed by atoms with Crippen molar-refractivity contribution in [2.75, 3.05) is 32.7 Å². The summed E-state index contributed by atoms with van der Waals surface area (Å²) in [6, 6.07) is 12.2. The summed E-state index contributed by atoms with van der Waals surface area (Å²) < 4.78 is 5.72. The Bertz CT molecular complexity index is 1070. The molecule has 1 N–H and O–H groups in total. The molecule has 2 aromatic carbocycles. The number of carbonyl (C=O) groups excluding carboxylic acids is 2. The number of carbonyl (C=O) groups is 2. The fraction of sp³-hybridized carbons (Fsp3) is 0.417. The van der Waals surface area contributed by atoms with E-state index < -0.39 is 0 Å². The van der Waals surface area contributed by atoms with E-state index in [4.69, 9.17) is 4.42 Å². The standard InChI is InChI=1S/C24H29N3O3/c1-24(2,3)25-21(28)15-26-10-12-27(13-11-26)22(29)14-18-16-30-20-9-8-17-6-4-5-7-19(17)23(18)20/h4-9,16H,10-15H2,1-3H3,(H,25,28). The molecule has 0 saturated carbocycles. The molecule has 1 aliphatic heterocycles. The topological polar surface area (TPSA) is 65.8 Å². The van der Waals surface area contributed by atoms with Crippen LogP contribution in [0.3, 0.4) is 0 Å². The van der Waals surface area contributed by atoms with Crippen molar-refractivity contribution in [2.45, 2.75) is 32.7 Å². The fourth-order valence-electron chi connectivity index (χ4n) is 4.10. The molecule has 0 unspecified atom stereocenters. The van der Waals surface area contributed by atoms with E-state index >= 15 is 0 Å². The second-order valence-electron chi connectivity index (χ2n) is 9.05. The first-order valence-corrected chi connectivity index (χ1v) is 10.5. The SMILES string of the molecule is CC(C)(C)NC(=O)CN1CCN(C(=O)Cc2coc3ccc4ccccc4c23)CC1. The van der Waals surface area contributed by atoms with Crippen LogP contribution >= 0.6 is 0 Å². The molecule has 0 aliphatic carbocycles. The van der Waals surface area contributed by atoms with Crippen LogP contribution in [-0.2, 0) is 16.0 Å². The molecule has 0 radical (unpaired) electrons. The van der Waals surface area contributed by atoms with E-state index in [0.717, 1.165) is 27.3 Å². The van der Waals surface area contributed by atoms with Crippen molar-refractivity contribution in [1.29, 1.82) is 0 Å². The second-order valence-corrected chi connectivity index (χ2v) is 9.05. The van der Waals surface area contributed by atoms with E-state index in [1.807, 2.05) is 49.9 Å². The van der Waals surface area contributed by atoms with Crippen molar-refractivity contribution < 1.29 is 14.0 Å². The van der Waals surface area contributed by atoms with Gasteiger partial charge < -0.3 is 14.6 Å². The molecule has 0 spiro atoms. The van der Waals surface area contributed by atoms with Crippen molar-refractivity contribution in [3.63, 3.8) is 0 Å². The van der Waals surface area contributed by atoms with Gasteiger partial charge >= 0.3 is 0 Å². The van der Waals surface area contributed by atoms with Crippen LogP contribution in [0.5, 0.6) is 0 Å². The van der Waals surface area contributed by atoms with E-state index in [1.165, 1.54) is 0 Å². The highest BCUT2D eigenvalue weighted by Gasteiger charge is 2.24. The zero-order valence-electron chi connectivity index (χ0n) is 17.9. The maximum atomic E-state index is 12.9. The maximum absolute atomic E-state index is 12.9. The van der Waals surface area contributed by atoms with E-state index in [0.29, 0.717) is 39.1 Å². The molecule has 0 bridgehead atoms. The molecule has 3 aromatic rings. The molecule has 158 valence electrons. The number of piperazine rings is 1. The Balaban J connectivity index is 1.39. The number of hydrogen-bond donors (Lipinski definition) is 1. The highest BCUT2D eigenvalue weighted by atomic mass is 16.3. The van der Waals surface area contributed by atoms with Crippen molar-refractivity contribution in [3.8, 4) is 0 Å². The molecule has 1 saturated heterocycles. The van der Waals surface area contributed by atoms with Crippen LogP contribution in [0, 0.1) is 0 Å². The van der Waals surface area contributed by atoms with Crippen molar-refractivity contribution in [3.05, 3.63) is 48.2 Å². The Kier molecular flexibility index (Phi) is 5.52. The van der Waals surface area contributed by atoms with Crippen LogP contribution in [0.1, 0.15) is 26.3 Å². The number of nitrogens with one attached hydrogen (secondary N) is 1. The molecule has 6 nitrogen and oxygen atoms in total. The number of hydrogen-bond acceptors (Lipinski definition) is 4. The van der Waals surface area contributed by atoms with Crippen LogP contribution in [-0.4, -0.2) is 59.9 Å². The zero-order chi connectivity index (χ0) is 21.3. The first-order valence-electron chi connectivity index (χ1n) is 10.5. The lowest BCUT2D eigenvalue weighted by atomic mass is 10.0. The summed E-state index contributed by atoms with van der Waals surface area (Å²) >= 11 is 0. The first kappa shape index (κ1) is 20.4. The van der Waals surface area contributed by atoms with Gasteiger partial charge in [-0.1, -0.05) is 30.3 Å². The van der Waals surface area contributed by atoms with Gasteiger partial charge in [0.15, 0.2) is 0 Å². The molecule has 0 atom stereocenters. The molecule has 30 heavy (non-hydrogen) atoms. The third kappa shape index (κ3) is 4.49. The third-order valence-corrected chi connectivity index (χ3v) is 5.49. The van der Waals surface area contributed by atoms with Gasteiger partial charge in [-0.15, -0.1) is 0 Å². The Labute approximate surface area is 176 Å². The highest BCUT2D eigenvalue weighted by Crippen LogP contribution is 2.30. The summed E-state index contributed by atoms with van der Waals surface area (Å²) in [6.45, 7) is 8.99. The Morgan fingerprint density at radius 2 is 1.77 bits per heavy atom. The predicted octanol–water partition coefficient (Wildman–Crippen LogP) is 3.19. The molecule has 2 amide bonds. The summed E-state index contributed by atoms with van der Waals surface area (Å²) in [5.74, 6) is 0.128. The molecule has 1 aromatic heterocycles. The van der Waals surface area contributed by atoms with Gasteiger partial charge in [0.25, 0.3) is 0 Å². The molecular weight excluding hydrogens is 378 g/mol. The number of fused-ring (bicyclic) bond motifs is 3. The summed E-state index contributed by atoms with van der Waals surface area (Å²) in [6.07, 6.45) is 2.04. The van der Waals surface area contributed by atoms with Gasteiger partial charge in [-0.2, -0.15) is 0 Å². The monoisotopic (exact) mass is 407 g/mol. The van der Waals surface area contributed by atoms with E-state index in [2.05, 4.69) is 22.3 Å². The molecular formula is C24H29N3O3. The molecule has 2 heterocycles. The molecule has 1 fully saturated rings. The normalized spacial score (nSPS) is 15.6. The minimum absolute atomic E-state index is 0.0269. The average molecular weight is 408 g/mol. The second kappa shape index (κ2) is 8.11. The fourth-order valence-corrected chi connectivity index (χ4v) is 4.10. The van der Waals surface area contributed by atoms with Crippen molar-refractivity contribution in [2.24, 2.45) is 0 Å². The van der Waals surface area contributed by atoms with Gasteiger partial charge in [-0.25, -0.2) is 0 Å². The quantitative estimate of drug-likeness (QED) is 0.721. The Hall–Kier alpha value is -2.86. The summed E-state index contributed by atoms with van der Waals surface area (Å²) in [7, 11) is 0. The number of nitrogens with zero attached hydrogens (tertiary/aromatic N) is 2.